The molecule has 1 aromatic carbocycles. The van der Waals surface area contributed by atoms with Crippen LogP contribution in [0.4, 0.5) is 0 Å². The third-order valence-electron chi connectivity index (χ3n) is 1.74. The van der Waals surface area contributed by atoms with Gasteiger partial charge in [-0.15, -0.1) is 0 Å². The molecule has 0 N–H and O–H groups in total. The van der Waals surface area contributed by atoms with E-state index in [1.54, 1.807) is 7.11 Å². The number of benzene rings is 1. The molecule has 0 atom stereocenters. The molecule has 0 aromatic heterocycles. The molecule has 0 saturated carbocycles. The third-order valence-corrected chi connectivity index (χ3v) is 2.01. The van der Waals surface area contributed by atoms with Gasteiger partial charge in [-0.1, -0.05) is 22.0 Å². The number of hydrogen-bond acceptors (Lipinski definition) is 2. The number of halogens is 1. The first-order chi connectivity index (χ1) is 6.81. The first kappa shape index (κ1) is 11.1. The lowest BCUT2D eigenvalue weighted by atomic mass is 10.2. The molecule has 0 aliphatic rings. The van der Waals surface area contributed by atoms with Crippen LogP contribution in [0.3, 0.4) is 0 Å². The van der Waals surface area contributed by atoms with Crippen LogP contribution in [0.2, 0.25) is 0 Å². The van der Waals surface area contributed by atoms with Gasteiger partial charge in [-0.2, -0.15) is 0 Å². The number of methoxy groups -OCH3 is 1. The monoisotopic (exact) mass is 256 g/mol. The molecule has 0 aliphatic heterocycles. The average molecular weight is 257 g/mol. The van der Waals surface area contributed by atoms with E-state index in [1.165, 1.54) is 0 Å². The standard InChI is InChI=1S/C11H13BrO2/c1-3-14-11-8-9(6-7-12)4-5-10(11)13-2/h4-8H,3H2,1-2H3/b7-6+. The Kier molecular flexibility index (Phi) is 4.53. The number of hydrogen-bond donors (Lipinski definition) is 0. The second-order valence-electron chi connectivity index (χ2n) is 2.64. The predicted octanol–water partition coefficient (Wildman–Crippen LogP) is 3.46. The van der Waals surface area contributed by atoms with Crippen molar-refractivity contribution >= 4 is 22.0 Å². The van der Waals surface area contributed by atoms with Crippen LogP contribution in [0.5, 0.6) is 11.5 Å². The largest absolute Gasteiger partial charge is 0.493 e. The minimum atomic E-state index is 0.637. The molecular weight excluding hydrogens is 244 g/mol. The Bertz CT molecular complexity index is 321. The molecule has 1 rings (SSSR count). The van der Waals surface area contributed by atoms with Crippen LogP contribution in [-0.4, -0.2) is 13.7 Å². The first-order valence-corrected chi connectivity index (χ1v) is 5.31. The van der Waals surface area contributed by atoms with Gasteiger partial charge < -0.3 is 9.47 Å². The van der Waals surface area contributed by atoms with E-state index >= 15 is 0 Å². The van der Waals surface area contributed by atoms with Crippen LogP contribution >= 0.6 is 15.9 Å². The highest BCUT2D eigenvalue weighted by atomic mass is 79.9. The van der Waals surface area contributed by atoms with Crippen molar-refractivity contribution in [2.75, 3.05) is 13.7 Å². The van der Waals surface area contributed by atoms with Crippen LogP contribution in [-0.2, 0) is 0 Å². The van der Waals surface area contributed by atoms with E-state index in [-0.39, 0.29) is 0 Å². The Labute approximate surface area is 92.7 Å². The minimum absolute atomic E-state index is 0.637. The Morgan fingerprint density at radius 2 is 2.14 bits per heavy atom. The van der Waals surface area contributed by atoms with E-state index in [4.69, 9.17) is 9.47 Å². The molecule has 0 aliphatic carbocycles. The van der Waals surface area contributed by atoms with Crippen molar-refractivity contribution < 1.29 is 9.47 Å². The van der Waals surface area contributed by atoms with E-state index in [0.29, 0.717) is 6.61 Å². The zero-order valence-electron chi connectivity index (χ0n) is 8.29. The lowest BCUT2D eigenvalue weighted by molar-refractivity contribution is 0.311. The highest BCUT2D eigenvalue weighted by Crippen LogP contribution is 2.28. The fourth-order valence-corrected chi connectivity index (χ4v) is 1.44. The summed E-state index contributed by atoms with van der Waals surface area (Å²) in [6, 6.07) is 5.81. The van der Waals surface area contributed by atoms with E-state index in [2.05, 4.69) is 15.9 Å². The maximum Gasteiger partial charge on any atom is 0.161 e. The van der Waals surface area contributed by atoms with Crippen LogP contribution in [0.15, 0.2) is 23.2 Å². The fraction of sp³-hybridized carbons (Fsp3) is 0.273. The van der Waals surface area contributed by atoms with E-state index in [0.717, 1.165) is 17.1 Å². The van der Waals surface area contributed by atoms with Crippen molar-refractivity contribution in [1.82, 2.24) is 0 Å². The van der Waals surface area contributed by atoms with Crippen molar-refractivity contribution in [3.8, 4) is 11.5 Å². The quantitative estimate of drug-likeness (QED) is 0.822. The Morgan fingerprint density at radius 3 is 2.71 bits per heavy atom. The lowest BCUT2D eigenvalue weighted by Gasteiger charge is -2.09. The molecule has 0 bridgehead atoms. The van der Waals surface area contributed by atoms with Gasteiger partial charge in [-0.25, -0.2) is 0 Å². The van der Waals surface area contributed by atoms with Crippen molar-refractivity contribution in [2.45, 2.75) is 6.92 Å². The lowest BCUT2D eigenvalue weighted by Crippen LogP contribution is -1.95. The molecule has 0 saturated heterocycles. The van der Waals surface area contributed by atoms with Crippen LogP contribution in [0.25, 0.3) is 6.08 Å². The van der Waals surface area contributed by atoms with Gasteiger partial charge in [0.15, 0.2) is 11.5 Å². The number of ether oxygens (including phenoxy) is 2. The summed E-state index contributed by atoms with van der Waals surface area (Å²) < 4.78 is 10.6. The molecule has 76 valence electrons. The van der Waals surface area contributed by atoms with Gasteiger partial charge in [-0.3, -0.25) is 0 Å². The average Bonchev–Trinajstić information content (AvgIpc) is 2.19. The normalized spacial score (nSPS) is 10.5. The summed E-state index contributed by atoms with van der Waals surface area (Å²) >= 11 is 3.23. The van der Waals surface area contributed by atoms with Gasteiger partial charge in [0.2, 0.25) is 0 Å². The highest BCUT2D eigenvalue weighted by molar-refractivity contribution is 9.11. The molecule has 0 fully saturated rings. The summed E-state index contributed by atoms with van der Waals surface area (Å²) in [4.78, 5) is 1.81. The molecule has 0 unspecified atom stereocenters. The van der Waals surface area contributed by atoms with Crippen molar-refractivity contribution in [1.29, 1.82) is 0 Å². The van der Waals surface area contributed by atoms with Crippen LogP contribution in [0, 0.1) is 0 Å². The van der Waals surface area contributed by atoms with Gasteiger partial charge in [0, 0.05) is 0 Å². The summed E-state index contributed by atoms with van der Waals surface area (Å²) in [5.41, 5.74) is 1.08. The predicted molar refractivity (Wildman–Crippen MR) is 62.1 cm³/mol. The topological polar surface area (TPSA) is 18.5 Å². The summed E-state index contributed by atoms with van der Waals surface area (Å²) in [7, 11) is 1.64. The van der Waals surface area contributed by atoms with E-state index < -0.39 is 0 Å². The summed E-state index contributed by atoms with van der Waals surface area (Å²) in [6.07, 6.45) is 1.95. The molecule has 0 heterocycles. The molecule has 3 heteroatoms. The second kappa shape index (κ2) is 5.70. The third kappa shape index (κ3) is 2.77. The molecule has 14 heavy (non-hydrogen) atoms. The first-order valence-electron chi connectivity index (χ1n) is 4.39. The van der Waals surface area contributed by atoms with Crippen LogP contribution < -0.4 is 9.47 Å². The molecule has 0 radical (unpaired) electrons. The van der Waals surface area contributed by atoms with Crippen LogP contribution in [0.1, 0.15) is 12.5 Å². The minimum Gasteiger partial charge on any atom is -0.493 e. The van der Waals surface area contributed by atoms with Crippen molar-refractivity contribution in [2.24, 2.45) is 0 Å². The molecule has 0 amide bonds. The maximum atomic E-state index is 5.44. The van der Waals surface area contributed by atoms with Gasteiger partial charge in [0.25, 0.3) is 0 Å². The maximum absolute atomic E-state index is 5.44. The van der Waals surface area contributed by atoms with Gasteiger partial charge in [0.1, 0.15) is 0 Å². The van der Waals surface area contributed by atoms with Gasteiger partial charge >= 0.3 is 0 Å². The van der Waals surface area contributed by atoms with Gasteiger partial charge in [0.05, 0.1) is 13.7 Å². The van der Waals surface area contributed by atoms with Crippen molar-refractivity contribution in [3.63, 3.8) is 0 Å². The smallest absolute Gasteiger partial charge is 0.161 e. The molecule has 1 aromatic rings. The number of rotatable bonds is 4. The molecule has 2 nitrogen and oxygen atoms in total. The highest BCUT2D eigenvalue weighted by Gasteiger charge is 2.03. The summed E-state index contributed by atoms with van der Waals surface area (Å²) in [5.74, 6) is 1.54. The van der Waals surface area contributed by atoms with Gasteiger partial charge in [-0.05, 0) is 35.7 Å². The zero-order valence-corrected chi connectivity index (χ0v) is 9.87. The van der Waals surface area contributed by atoms with Crippen molar-refractivity contribution in [3.05, 3.63) is 28.7 Å². The summed E-state index contributed by atoms with van der Waals surface area (Å²) in [6.45, 7) is 2.59. The summed E-state index contributed by atoms with van der Waals surface area (Å²) in [5, 5.41) is 0. The molecular formula is C11H13BrO2. The Morgan fingerprint density at radius 1 is 1.36 bits per heavy atom. The molecule has 0 spiro atoms. The fourth-order valence-electron chi connectivity index (χ4n) is 1.14. The Balaban J connectivity index is 3.00. The Hall–Kier alpha value is -0.960. The van der Waals surface area contributed by atoms with E-state index in [1.807, 2.05) is 36.2 Å². The SMILES string of the molecule is CCOc1cc(/C=C/Br)ccc1OC. The zero-order chi connectivity index (χ0) is 10.4. The van der Waals surface area contributed by atoms with E-state index in [9.17, 15) is 0 Å². The second-order valence-corrected chi connectivity index (χ2v) is 3.16.